The number of methoxy groups -OCH3 is 2. The summed E-state index contributed by atoms with van der Waals surface area (Å²) in [5.74, 6) is -2.48. The minimum atomic E-state index is -1.08. The molecular weight excluding hydrogens is 410 g/mol. The lowest BCUT2D eigenvalue weighted by atomic mass is 9.97. The molecule has 0 aliphatic carbocycles. The lowest BCUT2D eigenvalue weighted by molar-refractivity contribution is -0.133. The number of rotatable bonds is 4. The Morgan fingerprint density at radius 3 is 2.34 bits per heavy atom. The second kappa shape index (κ2) is 7.49. The molecule has 5 rings (SSSR count). The fourth-order valence-corrected chi connectivity index (χ4v) is 4.35. The van der Waals surface area contributed by atoms with Gasteiger partial charge in [-0.1, -0.05) is 48.5 Å². The van der Waals surface area contributed by atoms with Crippen LogP contribution < -0.4 is 14.6 Å². The molecule has 1 fully saturated rings. The van der Waals surface area contributed by atoms with E-state index < -0.39 is 29.7 Å². The summed E-state index contributed by atoms with van der Waals surface area (Å²) in [6.07, 6.45) is 0. The minimum Gasteiger partial charge on any atom is -0.495 e. The molecule has 3 aromatic rings. The first-order valence-corrected chi connectivity index (χ1v) is 10.0. The normalized spacial score (nSPS) is 19.9. The molecule has 0 radical (unpaired) electrons. The highest BCUT2D eigenvalue weighted by molar-refractivity contribution is 6.47. The lowest BCUT2D eigenvalue weighted by Crippen LogP contribution is -2.39. The van der Waals surface area contributed by atoms with Crippen molar-refractivity contribution in [3.8, 4) is 5.75 Å². The maximum Gasteiger partial charge on any atom is 0.355 e. The maximum absolute atomic E-state index is 13.6. The molecular formula is C24H19N3O5. The highest BCUT2D eigenvalue weighted by Gasteiger charge is 2.59. The summed E-state index contributed by atoms with van der Waals surface area (Å²) in [5.41, 5.74) is 0.850. The Morgan fingerprint density at radius 1 is 0.875 bits per heavy atom. The highest BCUT2D eigenvalue weighted by Crippen LogP contribution is 2.42. The summed E-state index contributed by atoms with van der Waals surface area (Å²) in [6.45, 7) is 0. The van der Waals surface area contributed by atoms with Crippen LogP contribution in [-0.2, 0) is 19.1 Å². The van der Waals surface area contributed by atoms with Crippen LogP contribution in [0.5, 0.6) is 5.75 Å². The van der Waals surface area contributed by atoms with Crippen molar-refractivity contribution in [2.24, 2.45) is 11.0 Å². The third-order valence-electron chi connectivity index (χ3n) is 5.78. The fraction of sp³-hybridized carbons (Fsp3) is 0.167. The van der Waals surface area contributed by atoms with Crippen LogP contribution in [0.3, 0.4) is 0 Å². The minimum absolute atomic E-state index is 0.0961. The van der Waals surface area contributed by atoms with Gasteiger partial charge in [0.1, 0.15) is 17.7 Å². The Bertz CT molecular complexity index is 1300. The number of para-hydroxylation sites is 2. The number of hydrazone groups is 1. The molecule has 8 heteroatoms. The summed E-state index contributed by atoms with van der Waals surface area (Å²) >= 11 is 0. The molecule has 160 valence electrons. The third kappa shape index (κ3) is 2.76. The van der Waals surface area contributed by atoms with Gasteiger partial charge in [-0.25, -0.2) is 9.69 Å². The Labute approximate surface area is 183 Å². The number of esters is 1. The van der Waals surface area contributed by atoms with Crippen molar-refractivity contribution in [2.75, 3.05) is 24.1 Å². The molecule has 2 aliphatic heterocycles. The molecule has 0 unspecified atom stereocenters. The van der Waals surface area contributed by atoms with Gasteiger partial charge in [0.2, 0.25) is 5.91 Å². The average Bonchev–Trinajstić information content (AvgIpc) is 3.34. The van der Waals surface area contributed by atoms with Gasteiger partial charge >= 0.3 is 5.97 Å². The van der Waals surface area contributed by atoms with Gasteiger partial charge in [0.25, 0.3) is 5.91 Å². The topological polar surface area (TPSA) is 88.5 Å². The monoisotopic (exact) mass is 429 g/mol. The molecule has 0 saturated carbocycles. The van der Waals surface area contributed by atoms with E-state index in [4.69, 9.17) is 9.47 Å². The molecule has 3 aromatic carbocycles. The third-order valence-corrected chi connectivity index (χ3v) is 5.78. The van der Waals surface area contributed by atoms with Gasteiger partial charge < -0.3 is 9.47 Å². The van der Waals surface area contributed by atoms with Crippen LogP contribution in [0.1, 0.15) is 0 Å². The van der Waals surface area contributed by atoms with E-state index in [-0.39, 0.29) is 5.71 Å². The number of ether oxygens (including phenoxy) is 2. The van der Waals surface area contributed by atoms with Crippen molar-refractivity contribution >= 4 is 45.6 Å². The first kappa shape index (κ1) is 19.7. The van der Waals surface area contributed by atoms with Crippen molar-refractivity contribution in [1.82, 2.24) is 0 Å². The van der Waals surface area contributed by atoms with E-state index in [2.05, 4.69) is 5.10 Å². The van der Waals surface area contributed by atoms with Gasteiger partial charge in [-0.15, -0.1) is 0 Å². The summed E-state index contributed by atoms with van der Waals surface area (Å²) in [6, 6.07) is 19.0. The van der Waals surface area contributed by atoms with Crippen LogP contribution in [0.15, 0.2) is 71.8 Å². The average molecular weight is 429 g/mol. The van der Waals surface area contributed by atoms with E-state index in [1.807, 2.05) is 42.5 Å². The van der Waals surface area contributed by atoms with Crippen molar-refractivity contribution < 1.29 is 23.9 Å². The van der Waals surface area contributed by atoms with Gasteiger partial charge in [0, 0.05) is 5.39 Å². The van der Waals surface area contributed by atoms with E-state index in [1.54, 1.807) is 24.3 Å². The van der Waals surface area contributed by atoms with Crippen LogP contribution >= 0.6 is 0 Å². The van der Waals surface area contributed by atoms with Gasteiger partial charge in [0.05, 0.1) is 25.6 Å². The number of carbonyl (C=O) groups is 3. The van der Waals surface area contributed by atoms with Gasteiger partial charge in [-0.05, 0) is 23.6 Å². The van der Waals surface area contributed by atoms with Crippen molar-refractivity contribution in [1.29, 1.82) is 0 Å². The second-order valence-electron chi connectivity index (χ2n) is 7.43. The van der Waals surface area contributed by atoms with Crippen LogP contribution in [0.25, 0.3) is 10.8 Å². The fourth-order valence-electron chi connectivity index (χ4n) is 4.35. The van der Waals surface area contributed by atoms with Crippen molar-refractivity contribution in [2.45, 2.75) is 6.04 Å². The van der Waals surface area contributed by atoms with Crippen LogP contribution in [0.2, 0.25) is 0 Å². The Kier molecular flexibility index (Phi) is 4.62. The van der Waals surface area contributed by atoms with E-state index in [0.29, 0.717) is 17.1 Å². The van der Waals surface area contributed by atoms with Crippen LogP contribution in [0.4, 0.5) is 11.4 Å². The number of imide groups is 1. The standard InChI is InChI=1S/C24H19N3O5/c1-31-18-13-6-5-11-17(18)26-22(28)19-20(24(30)32-2)25-27(21(19)23(26)29)16-12-7-9-14-8-3-4-10-15(14)16/h3-13,19,21H,1-2H3/t19-,21+/m1/s1. The van der Waals surface area contributed by atoms with Crippen LogP contribution in [0, 0.1) is 5.92 Å². The number of hydrogen-bond acceptors (Lipinski definition) is 7. The lowest BCUT2D eigenvalue weighted by Gasteiger charge is -2.24. The molecule has 8 nitrogen and oxygen atoms in total. The molecule has 32 heavy (non-hydrogen) atoms. The van der Waals surface area contributed by atoms with Gasteiger partial charge in [-0.2, -0.15) is 5.10 Å². The predicted octanol–water partition coefficient (Wildman–Crippen LogP) is 2.76. The predicted molar refractivity (Wildman–Crippen MR) is 119 cm³/mol. The van der Waals surface area contributed by atoms with E-state index in [1.165, 1.54) is 19.2 Å². The molecule has 2 heterocycles. The number of carbonyl (C=O) groups excluding carboxylic acids is 3. The quantitative estimate of drug-likeness (QED) is 0.468. The number of hydrogen-bond donors (Lipinski definition) is 0. The van der Waals surface area contributed by atoms with E-state index >= 15 is 0 Å². The summed E-state index contributed by atoms with van der Waals surface area (Å²) in [7, 11) is 2.69. The molecule has 0 spiro atoms. The number of amides is 2. The zero-order chi connectivity index (χ0) is 22.4. The highest BCUT2D eigenvalue weighted by atomic mass is 16.5. The second-order valence-corrected chi connectivity index (χ2v) is 7.43. The zero-order valence-corrected chi connectivity index (χ0v) is 17.4. The smallest absolute Gasteiger partial charge is 0.355 e. The van der Waals surface area contributed by atoms with E-state index in [0.717, 1.165) is 15.7 Å². The molecule has 2 amide bonds. The van der Waals surface area contributed by atoms with Crippen molar-refractivity contribution in [3.63, 3.8) is 0 Å². The first-order chi connectivity index (χ1) is 15.6. The van der Waals surface area contributed by atoms with Gasteiger partial charge in [-0.3, -0.25) is 14.6 Å². The van der Waals surface area contributed by atoms with Gasteiger partial charge in [0.15, 0.2) is 5.71 Å². The molecule has 0 N–H and O–H groups in total. The number of fused-ring (bicyclic) bond motifs is 2. The van der Waals surface area contributed by atoms with Crippen molar-refractivity contribution in [3.05, 3.63) is 66.7 Å². The molecule has 1 saturated heterocycles. The number of benzene rings is 3. The number of nitrogens with zero attached hydrogens (tertiary/aromatic N) is 3. The Hall–Kier alpha value is -4.20. The van der Waals surface area contributed by atoms with Crippen LogP contribution in [-0.4, -0.2) is 43.8 Å². The Morgan fingerprint density at radius 2 is 1.56 bits per heavy atom. The SMILES string of the molecule is COC(=O)C1=NN(c2cccc3ccccc23)[C@@H]2C(=O)N(c3ccccc3OC)C(=O)[C@H]12. The molecule has 2 aliphatic rings. The largest absolute Gasteiger partial charge is 0.495 e. The Balaban J connectivity index is 1.68. The molecule has 2 atom stereocenters. The summed E-state index contributed by atoms with van der Waals surface area (Å²) < 4.78 is 10.2. The maximum atomic E-state index is 13.6. The van der Waals surface area contributed by atoms with E-state index in [9.17, 15) is 14.4 Å². The summed E-state index contributed by atoms with van der Waals surface area (Å²) in [4.78, 5) is 40.7. The molecule has 0 bridgehead atoms. The summed E-state index contributed by atoms with van der Waals surface area (Å²) in [5, 5.41) is 7.67. The zero-order valence-electron chi connectivity index (χ0n) is 17.4. The number of anilines is 2. The first-order valence-electron chi connectivity index (χ1n) is 10.0. The molecule has 0 aromatic heterocycles.